The lowest BCUT2D eigenvalue weighted by molar-refractivity contribution is 0.0255. The third-order valence-corrected chi connectivity index (χ3v) is 7.28. The Morgan fingerprint density at radius 1 is 1.03 bits per heavy atom. The van der Waals surface area contributed by atoms with Crippen LogP contribution in [-0.4, -0.2) is 39.4 Å². The SMILES string of the molecule is O=C1c2c(O)c(=O)ccn2N2CN1C1(/C=C\COc3c(F)cccc3[C@H]2c2ccccc2)CCC1. The molecule has 1 atom stereocenters. The average Bonchev–Trinajstić information content (AvgIpc) is 2.86. The van der Waals surface area contributed by atoms with Crippen LogP contribution in [0.25, 0.3) is 0 Å². The first-order valence-electron chi connectivity index (χ1n) is 11.7. The Morgan fingerprint density at radius 2 is 1.83 bits per heavy atom. The predicted octanol–water partition coefficient (Wildman–Crippen LogP) is 3.71. The van der Waals surface area contributed by atoms with Crippen LogP contribution < -0.4 is 15.2 Å². The number of carbonyl (C=O) groups excluding carboxylic acids is 1. The van der Waals surface area contributed by atoms with Crippen LogP contribution in [0.2, 0.25) is 0 Å². The van der Waals surface area contributed by atoms with Crippen molar-refractivity contribution in [3.63, 3.8) is 0 Å². The van der Waals surface area contributed by atoms with E-state index < -0.39 is 34.5 Å². The summed E-state index contributed by atoms with van der Waals surface area (Å²) in [6.07, 6.45) is 7.70. The van der Waals surface area contributed by atoms with Gasteiger partial charge in [0.1, 0.15) is 19.3 Å². The van der Waals surface area contributed by atoms with Crippen LogP contribution in [0.5, 0.6) is 11.5 Å². The smallest absolute Gasteiger partial charge is 0.278 e. The van der Waals surface area contributed by atoms with Gasteiger partial charge in [-0.2, -0.15) is 0 Å². The molecule has 8 heteroatoms. The Kier molecular flexibility index (Phi) is 4.91. The number of aromatic hydroxyl groups is 1. The number of amides is 1. The summed E-state index contributed by atoms with van der Waals surface area (Å²) >= 11 is 0. The van der Waals surface area contributed by atoms with Gasteiger partial charge in [-0.15, -0.1) is 0 Å². The molecule has 2 aliphatic heterocycles. The van der Waals surface area contributed by atoms with Gasteiger partial charge in [0.2, 0.25) is 5.43 Å². The summed E-state index contributed by atoms with van der Waals surface area (Å²) in [5.41, 5.74) is 0.129. The van der Waals surface area contributed by atoms with E-state index in [1.165, 1.54) is 23.0 Å². The Labute approximate surface area is 201 Å². The Balaban J connectivity index is 1.66. The summed E-state index contributed by atoms with van der Waals surface area (Å²) in [7, 11) is 0. The molecule has 6 rings (SSSR count). The van der Waals surface area contributed by atoms with Gasteiger partial charge >= 0.3 is 0 Å². The molecule has 3 aromatic rings. The highest BCUT2D eigenvalue weighted by molar-refractivity contribution is 5.97. The largest absolute Gasteiger partial charge is 0.502 e. The van der Waals surface area contributed by atoms with Gasteiger partial charge in [-0.25, -0.2) is 4.39 Å². The van der Waals surface area contributed by atoms with Crippen molar-refractivity contribution in [2.24, 2.45) is 0 Å². The quantitative estimate of drug-likeness (QED) is 0.546. The summed E-state index contributed by atoms with van der Waals surface area (Å²) in [4.78, 5) is 27.9. The molecular weight excluding hydrogens is 449 g/mol. The lowest BCUT2D eigenvalue weighted by Crippen LogP contribution is -2.64. The first kappa shape index (κ1) is 21.5. The number of rotatable bonds is 1. The fraction of sp³-hybridized carbons (Fsp3) is 0.259. The van der Waals surface area contributed by atoms with Crippen LogP contribution in [0.4, 0.5) is 4.39 Å². The second-order valence-corrected chi connectivity index (χ2v) is 9.18. The maximum Gasteiger partial charge on any atom is 0.278 e. The fourth-order valence-electron chi connectivity index (χ4n) is 5.39. The number of halogens is 1. The van der Waals surface area contributed by atoms with Crippen LogP contribution >= 0.6 is 0 Å². The van der Waals surface area contributed by atoms with Crippen molar-refractivity contribution in [3.05, 3.63) is 106 Å². The highest BCUT2D eigenvalue weighted by atomic mass is 19.1. The van der Waals surface area contributed by atoms with Crippen molar-refractivity contribution >= 4 is 5.91 Å². The minimum Gasteiger partial charge on any atom is -0.502 e. The standard InChI is InChI=1S/C27H24FN3O4/c28-20-10-4-9-19-22(18-7-2-1-3-8-18)31-17-29(26(34)23-24(33)21(32)11-15-30(23)31)27(12-5-13-27)14-6-16-35-25(19)20/h1-4,6-11,14-15,22,33H,5,12-13,16-17H2/b14-6-/t22-/m1/s1. The minimum atomic E-state index is -0.625. The van der Waals surface area contributed by atoms with E-state index in [0.717, 1.165) is 24.8 Å². The predicted molar refractivity (Wildman–Crippen MR) is 128 cm³/mol. The molecule has 0 unspecified atom stereocenters. The molecule has 1 amide bonds. The Bertz CT molecular complexity index is 1400. The molecule has 2 bridgehead atoms. The summed E-state index contributed by atoms with van der Waals surface area (Å²) < 4.78 is 22.6. The van der Waals surface area contributed by atoms with Crippen LogP contribution in [0.15, 0.2) is 77.7 Å². The molecule has 1 N–H and O–H groups in total. The first-order chi connectivity index (χ1) is 17.0. The molecule has 0 radical (unpaired) electrons. The molecule has 2 aromatic carbocycles. The van der Waals surface area contributed by atoms with Crippen LogP contribution in [-0.2, 0) is 0 Å². The molecule has 0 saturated heterocycles. The molecule has 35 heavy (non-hydrogen) atoms. The topological polar surface area (TPSA) is 75.0 Å². The van der Waals surface area contributed by atoms with Crippen molar-refractivity contribution in [2.75, 3.05) is 18.3 Å². The molecule has 1 aliphatic carbocycles. The lowest BCUT2D eigenvalue weighted by atomic mass is 9.74. The molecule has 1 spiro atoms. The van der Waals surface area contributed by atoms with Crippen molar-refractivity contribution in [1.29, 1.82) is 0 Å². The summed E-state index contributed by atoms with van der Waals surface area (Å²) in [5.74, 6) is -1.36. The highest BCUT2D eigenvalue weighted by Crippen LogP contribution is 2.44. The van der Waals surface area contributed by atoms with E-state index in [1.807, 2.05) is 47.5 Å². The molecule has 1 saturated carbocycles. The van der Waals surface area contributed by atoms with Gasteiger partial charge in [0.05, 0.1) is 5.54 Å². The number of nitrogens with zero attached hydrogens (tertiary/aromatic N) is 3. The Hall–Kier alpha value is -4.07. The number of hydrogen-bond donors (Lipinski definition) is 1. The maximum absolute atomic E-state index is 15.1. The van der Waals surface area contributed by atoms with Gasteiger partial charge in [0.25, 0.3) is 5.91 Å². The number of fused-ring (bicyclic) bond motifs is 6. The fourth-order valence-corrected chi connectivity index (χ4v) is 5.39. The minimum absolute atomic E-state index is 0.0949. The normalized spacial score (nSPS) is 21.3. The van der Waals surface area contributed by atoms with E-state index >= 15 is 4.39 Å². The first-order valence-corrected chi connectivity index (χ1v) is 11.7. The van der Waals surface area contributed by atoms with E-state index in [9.17, 15) is 14.7 Å². The number of carbonyl (C=O) groups is 1. The lowest BCUT2D eigenvalue weighted by Gasteiger charge is -2.53. The average molecular weight is 474 g/mol. The second kappa shape index (κ2) is 8.01. The second-order valence-electron chi connectivity index (χ2n) is 9.18. The van der Waals surface area contributed by atoms with E-state index in [2.05, 4.69) is 0 Å². The van der Waals surface area contributed by atoms with Gasteiger partial charge in [-0.05, 0) is 37.0 Å². The van der Waals surface area contributed by atoms with Gasteiger partial charge < -0.3 is 14.7 Å². The number of para-hydroxylation sites is 1. The zero-order valence-electron chi connectivity index (χ0n) is 18.9. The van der Waals surface area contributed by atoms with Crippen LogP contribution in [0, 0.1) is 5.82 Å². The van der Waals surface area contributed by atoms with E-state index in [4.69, 9.17) is 4.74 Å². The monoisotopic (exact) mass is 473 g/mol. The highest BCUT2D eigenvalue weighted by Gasteiger charge is 2.48. The summed E-state index contributed by atoms with van der Waals surface area (Å²) in [6.45, 7) is 0.323. The van der Waals surface area contributed by atoms with E-state index in [-0.39, 0.29) is 24.7 Å². The van der Waals surface area contributed by atoms with Crippen molar-refractivity contribution in [3.8, 4) is 11.5 Å². The third kappa shape index (κ3) is 3.24. The number of ether oxygens (including phenoxy) is 1. The number of hydrogen-bond acceptors (Lipinski definition) is 5. The molecule has 1 fully saturated rings. The van der Waals surface area contributed by atoms with Crippen molar-refractivity contribution in [1.82, 2.24) is 9.58 Å². The molecule has 3 aliphatic rings. The van der Waals surface area contributed by atoms with E-state index in [1.54, 1.807) is 17.0 Å². The van der Waals surface area contributed by atoms with Gasteiger partial charge in [-0.3, -0.25) is 19.3 Å². The van der Waals surface area contributed by atoms with E-state index in [0.29, 0.717) is 5.56 Å². The number of benzene rings is 2. The van der Waals surface area contributed by atoms with Gasteiger partial charge in [0, 0.05) is 17.8 Å². The molecule has 1 aromatic heterocycles. The molecule has 7 nitrogen and oxygen atoms in total. The van der Waals surface area contributed by atoms with Crippen LogP contribution in [0.3, 0.4) is 0 Å². The Morgan fingerprint density at radius 3 is 2.57 bits per heavy atom. The molecule has 3 heterocycles. The zero-order valence-corrected chi connectivity index (χ0v) is 18.9. The summed E-state index contributed by atoms with van der Waals surface area (Å²) in [5, 5.41) is 12.6. The number of aromatic nitrogens is 1. The molecule has 178 valence electrons. The van der Waals surface area contributed by atoms with Crippen LogP contribution in [0.1, 0.15) is 46.9 Å². The summed E-state index contributed by atoms with van der Waals surface area (Å²) in [6, 6.07) is 15.0. The van der Waals surface area contributed by atoms with Gasteiger partial charge in [-0.1, -0.05) is 48.5 Å². The van der Waals surface area contributed by atoms with Crippen molar-refractivity contribution < 1.29 is 19.0 Å². The molecular formula is C27H24FN3O4. The zero-order chi connectivity index (χ0) is 24.2. The number of pyridine rings is 1. The maximum atomic E-state index is 15.1. The van der Waals surface area contributed by atoms with Gasteiger partial charge in [0.15, 0.2) is 23.0 Å². The third-order valence-electron chi connectivity index (χ3n) is 7.28. The van der Waals surface area contributed by atoms with Crippen molar-refractivity contribution in [2.45, 2.75) is 30.8 Å².